The van der Waals surface area contributed by atoms with Crippen molar-refractivity contribution in [3.63, 3.8) is 0 Å². The van der Waals surface area contributed by atoms with Gasteiger partial charge in [-0.15, -0.1) is 0 Å². The van der Waals surface area contributed by atoms with Crippen molar-refractivity contribution in [2.75, 3.05) is 31.7 Å². The van der Waals surface area contributed by atoms with Crippen LogP contribution in [-0.2, 0) is 14.3 Å². The van der Waals surface area contributed by atoms with E-state index in [0.717, 1.165) is 5.56 Å². The monoisotopic (exact) mass is 310 g/mol. The highest BCUT2D eigenvalue weighted by Gasteiger charge is 2.28. The highest BCUT2D eigenvalue weighted by molar-refractivity contribution is 5.96. The van der Waals surface area contributed by atoms with Gasteiger partial charge in [0.25, 0.3) is 5.91 Å². The number of nitrogens with zero attached hydrogens (tertiary/aromatic N) is 1. The zero-order chi connectivity index (χ0) is 16.6. The fourth-order valence-electron chi connectivity index (χ4n) is 1.83. The number of ether oxygens (including phenoxy) is 3. The second-order valence-corrected chi connectivity index (χ2v) is 5.29. The molecular weight excluding hydrogens is 284 g/mol. The first kappa shape index (κ1) is 18.4. The number of amides is 1. The van der Waals surface area contributed by atoms with Crippen molar-refractivity contribution in [3.05, 3.63) is 17.8 Å². The van der Waals surface area contributed by atoms with Gasteiger partial charge in [-0.3, -0.25) is 4.79 Å². The number of rotatable bonds is 9. The standard InChI is InChI=1S/C16H26N2O4/c1-6-20-8-9-21-14-12(3)10-13(11-17-14)18-15(19)16(4,5)22-7-2/h10-11H,6-9H2,1-5H3,(H,18,19). The molecule has 6 nitrogen and oxygen atoms in total. The molecule has 22 heavy (non-hydrogen) atoms. The molecule has 1 heterocycles. The van der Waals surface area contributed by atoms with Crippen LogP contribution in [0.1, 0.15) is 33.3 Å². The van der Waals surface area contributed by atoms with Gasteiger partial charge in [0.1, 0.15) is 12.2 Å². The molecule has 0 aliphatic heterocycles. The molecule has 0 fully saturated rings. The highest BCUT2D eigenvalue weighted by atomic mass is 16.5. The summed E-state index contributed by atoms with van der Waals surface area (Å²) in [5, 5.41) is 2.80. The molecule has 0 saturated heterocycles. The summed E-state index contributed by atoms with van der Waals surface area (Å²) >= 11 is 0. The fourth-order valence-corrected chi connectivity index (χ4v) is 1.83. The lowest BCUT2D eigenvalue weighted by Gasteiger charge is -2.23. The number of aryl methyl sites for hydroxylation is 1. The summed E-state index contributed by atoms with van der Waals surface area (Å²) in [5.74, 6) is 0.335. The molecule has 1 aromatic heterocycles. The smallest absolute Gasteiger partial charge is 0.256 e. The summed E-state index contributed by atoms with van der Waals surface area (Å²) < 4.78 is 16.2. The Morgan fingerprint density at radius 2 is 2.00 bits per heavy atom. The Kier molecular flexibility index (Phi) is 7.27. The Morgan fingerprint density at radius 1 is 1.27 bits per heavy atom. The van der Waals surface area contributed by atoms with Crippen LogP contribution >= 0.6 is 0 Å². The Bertz CT molecular complexity index is 489. The molecule has 6 heteroatoms. The molecule has 0 radical (unpaired) electrons. The first-order chi connectivity index (χ1) is 10.4. The van der Waals surface area contributed by atoms with Crippen molar-refractivity contribution in [2.24, 2.45) is 0 Å². The first-order valence-corrected chi connectivity index (χ1v) is 7.53. The molecule has 0 aliphatic carbocycles. The molecule has 0 aromatic carbocycles. The third-order valence-electron chi connectivity index (χ3n) is 3.01. The van der Waals surface area contributed by atoms with Gasteiger partial charge < -0.3 is 19.5 Å². The minimum absolute atomic E-state index is 0.208. The largest absolute Gasteiger partial charge is 0.475 e. The van der Waals surface area contributed by atoms with E-state index in [1.807, 2.05) is 26.8 Å². The van der Waals surface area contributed by atoms with Crippen LogP contribution in [0, 0.1) is 6.92 Å². The van der Waals surface area contributed by atoms with Crippen molar-refractivity contribution < 1.29 is 19.0 Å². The summed E-state index contributed by atoms with van der Waals surface area (Å²) in [6.07, 6.45) is 1.57. The second-order valence-electron chi connectivity index (χ2n) is 5.29. The van der Waals surface area contributed by atoms with E-state index in [1.165, 1.54) is 0 Å². The van der Waals surface area contributed by atoms with E-state index in [2.05, 4.69) is 10.3 Å². The molecule has 0 bridgehead atoms. The van der Waals surface area contributed by atoms with Crippen LogP contribution < -0.4 is 10.1 Å². The van der Waals surface area contributed by atoms with Crippen molar-refractivity contribution in [3.8, 4) is 5.88 Å². The minimum atomic E-state index is -0.880. The normalized spacial score (nSPS) is 11.3. The van der Waals surface area contributed by atoms with Crippen LogP contribution in [0.5, 0.6) is 5.88 Å². The maximum absolute atomic E-state index is 12.2. The van der Waals surface area contributed by atoms with Crippen molar-refractivity contribution in [1.82, 2.24) is 4.98 Å². The summed E-state index contributed by atoms with van der Waals surface area (Å²) in [6.45, 7) is 11.3. The zero-order valence-corrected chi connectivity index (χ0v) is 14.1. The van der Waals surface area contributed by atoms with Gasteiger partial charge in [-0.2, -0.15) is 0 Å². The minimum Gasteiger partial charge on any atom is -0.475 e. The summed E-state index contributed by atoms with van der Waals surface area (Å²) in [5.41, 5.74) is 0.589. The Hall–Kier alpha value is -1.66. The molecule has 1 N–H and O–H groups in total. The first-order valence-electron chi connectivity index (χ1n) is 7.53. The summed E-state index contributed by atoms with van der Waals surface area (Å²) in [4.78, 5) is 16.4. The molecule has 1 amide bonds. The Labute approximate surface area is 132 Å². The Balaban J connectivity index is 2.63. The maximum Gasteiger partial charge on any atom is 0.256 e. The van der Waals surface area contributed by atoms with E-state index in [0.29, 0.717) is 38.0 Å². The van der Waals surface area contributed by atoms with E-state index in [9.17, 15) is 4.79 Å². The molecule has 1 aromatic rings. The number of hydrogen-bond donors (Lipinski definition) is 1. The number of nitrogens with one attached hydrogen (secondary N) is 1. The number of carbonyl (C=O) groups excluding carboxylic acids is 1. The summed E-state index contributed by atoms with van der Waals surface area (Å²) in [7, 11) is 0. The van der Waals surface area contributed by atoms with Crippen molar-refractivity contribution in [2.45, 2.75) is 40.2 Å². The van der Waals surface area contributed by atoms with Crippen LogP contribution in [0.3, 0.4) is 0 Å². The third kappa shape index (κ3) is 5.61. The molecule has 0 aliphatic rings. The van der Waals surface area contributed by atoms with Crippen molar-refractivity contribution in [1.29, 1.82) is 0 Å². The number of anilines is 1. The van der Waals surface area contributed by atoms with Gasteiger partial charge in [0.15, 0.2) is 0 Å². The quantitative estimate of drug-likeness (QED) is 0.710. The molecule has 0 spiro atoms. The Morgan fingerprint density at radius 3 is 2.59 bits per heavy atom. The van der Waals surface area contributed by atoms with Crippen LogP contribution in [0.4, 0.5) is 5.69 Å². The number of carbonyl (C=O) groups is 1. The second kappa shape index (κ2) is 8.70. The van der Waals surface area contributed by atoms with E-state index < -0.39 is 5.60 Å². The number of aromatic nitrogens is 1. The highest BCUT2D eigenvalue weighted by Crippen LogP contribution is 2.20. The van der Waals surface area contributed by atoms with Crippen LogP contribution in [-0.4, -0.2) is 42.9 Å². The van der Waals surface area contributed by atoms with Gasteiger partial charge in [0, 0.05) is 18.8 Å². The van der Waals surface area contributed by atoms with E-state index in [-0.39, 0.29) is 5.91 Å². The summed E-state index contributed by atoms with van der Waals surface area (Å²) in [6, 6.07) is 1.82. The van der Waals surface area contributed by atoms with Crippen LogP contribution in [0.15, 0.2) is 12.3 Å². The fraction of sp³-hybridized carbons (Fsp3) is 0.625. The molecule has 0 unspecified atom stereocenters. The van der Waals surface area contributed by atoms with E-state index in [1.54, 1.807) is 20.0 Å². The maximum atomic E-state index is 12.2. The SMILES string of the molecule is CCOCCOc1ncc(NC(=O)C(C)(C)OCC)cc1C. The lowest BCUT2D eigenvalue weighted by Crippen LogP contribution is -2.39. The molecule has 0 atom stereocenters. The third-order valence-corrected chi connectivity index (χ3v) is 3.01. The van der Waals surface area contributed by atoms with Crippen LogP contribution in [0.2, 0.25) is 0 Å². The van der Waals surface area contributed by atoms with E-state index >= 15 is 0 Å². The topological polar surface area (TPSA) is 69.7 Å². The number of hydrogen-bond acceptors (Lipinski definition) is 5. The molecular formula is C16H26N2O4. The van der Waals surface area contributed by atoms with Gasteiger partial charge in [-0.1, -0.05) is 0 Å². The average Bonchev–Trinajstić information content (AvgIpc) is 2.45. The lowest BCUT2D eigenvalue weighted by molar-refractivity contribution is -0.136. The molecule has 124 valence electrons. The van der Waals surface area contributed by atoms with Crippen LogP contribution in [0.25, 0.3) is 0 Å². The van der Waals surface area contributed by atoms with Gasteiger partial charge >= 0.3 is 0 Å². The van der Waals surface area contributed by atoms with Gasteiger partial charge in [-0.25, -0.2) is 4.98 Å². The lowest BCUT2D eigenvalue weighted by atomic mass is 10.1. The number of pyridine rings is 1. The van der Waals surface area contributed by atoms with Gasteiger partial charge in [0.2, 0.25) is 5.88 Å². The van der Waals surface area contributed by atoms with E-state index in [4.69, 9.17) is 14.2 Å². The molecule has 0 saturated carbocycles. The molecule has 1 rings (SSSR count). The van der Waals surface area contributed by atoms with Gasteiger partial charge in [0.05, 0.1) is 18.5 Å². The zero-order valence-electron chi connectivity index (χ0n) is 14.1. The van der Waals surface area contributed by atoms with Crippen molar-refractivity contribution >= 4 is 11.6 Å². The predicted molar refractivity (Wildman–Crippen MR) is 85.3 cm³/mol. The average molecular weight is 310 g/mol. The van der Waals surface area contributed by atoms with Gasteiger partial charge in [-0.05, 0) is 40.7 Å². The predicted octanol–water partition coefficient (Wildman–Crippen LogP) is 2.56.